The number of halogens is 1. The number of hydrogen-bond donors (Lipinski definition) is 2. The molecule has 3 nitrogen and oxygen atoms in total. The Balaban J connectivity index is 2.30. The average molecular weight is 309 g/mol. The number of rotatable bonds is 2. The fraction of sp³-hybridized carbons (Fsp3) is 0.357. The van der Waals surface area contributed by atoms with Crippen LogP contribution in [0.4, 0.5) is 0 Å². The number of allylic oxidation sites excluding steroid dienone is 1. The van der Waals surface area contributed by atoms with Gasteiger partial charge in [-0.05, 0) is 49.5 Å². The molecule has 4 N–H and O–H groups in total. The molecule has 96 valence electrons. The lowest BCUT2D eigenvalue weighted by atomic mass is 9.82. The Bertz CT molecular complexity index is 521. The maximum absolute atomic E-state index is 11.1. The van der Waals surface area contributed by atoms with Crippen LogP contribution in [0.3, 0.4) is 0 Å². The molecule has 1 aliphatic carbocycles. The first-order valence-corrected chi connectivity index (χ1v) is 6.76. The zero-order chi connectivity index (χ0) is 13.3. The van der Waals surface area contributed by atoms with Crippen LogP contribution in [-0.4, -0.2) is 11.4 Å². The molecule has 0 spiro atoms. The molecule has 0 aliphatic heterocycles. The minimum absolute atomic E-state index is 0.0941. The number of benzene rings is 1. The van der Waals surface area contributed by atoms with Crippen molar-refractivity contribution in [3.05, 3.63) is 39.9 Å². The van der Waals surface area contributed by atoms with Gasteiger partial charge in [-0.2, -0.15) is 0 Å². The van der Waals surface area contributed by atoms with Crippen LogP contribution in [0.25, 0.3) is 5.57 Å². The van der Waals surface area contributed by atoms with Gasteiger partial charge >= 0.3 is 0 Å². The van der Waals surface area contributed by atoms with Gasteiger partial charge in [0.05, 0.1) is 0 Å². The van der Waals surface area contributed by atoms with Gasteiger partial charge in [0.2, 0.25) is 5.91 Å². The highest BCUT2D eigenvalue weighted by molar-refractivity contribution is 9.10. The van der Waals surface area contributed by atoms with Crippen molar-refractivity contribution in [2.75, 3.05) is 0 Å². The summed E-state index contributed by atoms with van der Waals surface area (Å²) in [6, 6.07) is 5.48. The lowest BCUT2D eigenvalue weighted by Crippen LogP contribution is -2.37. The highest BCUT2D eigenvalue weighted by Crippen LogP contribution is 2.34. The summed E-state index contributed by atoms with van der Waals surface area (Å²) in [5, 5.41) is 0. The molecule has 1 unspecified atom stereocenters. The Morgan fingerprint density at radius 1 is 1.44 bits per heavy atom. The number of primary amides is 1. The Morgan fingerprint density at radius 3 is 2.67 bits per heavy atom. The summed E-state index contributed by atoms with van der Waals surface area (Å²) in [5.74, 6) is -0.408. The molecule has 2 rings (SSSR count). The summed E-state index contributed by atoms with van der Waals surface area (Å²) >= 11 is 3.50. The van der Waals surface area contributed by atoms with E-state index in [2.05, 4.69) is 28.9 Å². The second-order valence-electron chi connectivity index (χ2n) is 5.15. The summed E-state index contributed by atoms with van der Waals surface area (Å²) in [7, 11) is 0. The summed E-state index contributed by atoms with van der Waals surface area (Å²) in [5.41, 5.74) is 14.2. The predicted octanol–water partition coefficient (Wildman–Crippen LogP) is 2.83. The quantitative estimate of drug-likeness (QED) is 0.882. The molecule has 1 aromatic rings. The first-order valence-electron chi connectivity index (χ1n) is 5.97. The Labute approximate surface area is 115 Å². The van der Waals surface area contributed by atoms with Crippen LogP contribution in [0, 0.1) is 0 Å². The molecule has 18 heavy (non-hydrogen) atoms. The van der Waals surface area contributed by atoms with Gasteiger partial charge in [-0.1, -0.05) is 28.1 Å². The molecule has 1 amide bonds. The van der Waals surface area contributed by atoms with E-state index in [4.69, 9.17) is 11.5 Å². The molecule has 1 aliphatic rings. The predicted molar refractivity (Wildman–Crippen MR) is 77.1 cm³/mol. The Kier molecular flexibility index (Phi) is 3.59. The van der Waals surface area contributed by atoms with Crippen molar-refractivity contribution in [3.63, 3.8) is 0 Å². The van der Waals surface area contributed by atoms with E-state index in [9.17, 15) is 4.79 Å². The van der Waals surface area contributed by atoms with Crippen molar-refractivity contribution in [2.45, 2.75) is 31.7 Å². The van der Waals surface area contributed by atoms with E-state index in [1.54, 1.807) is 12.1 Å². The van der Waals surface area contributed by atoms with Crippen LogP contribution < -0.4 is 11.5 Å². The second-order valence-corrected chi connectivity index (χ2v) is 6.00. The van der Waals surface area contributed by atoms with Gasteiger partial charge in [-0.15, -0.1) is 0 Å². The average Bonchev–Trinajstić information content (AvgIpc) is 2.29. The van der Waals surface area contributed by atoms with Gasteiger partial charge in [-0.3, -0.25) is 4.79 Å². The lowest BCUT2D eigenvalue weighted by molar-refractivity contribution is 0.1000. The zero-order valence-corrected chi connectivity index (χ0v) is 12.0. The van der Waals surface area contributed by atoms with E-state index in [0.29, 0.717) is 5.56 Å². The first-order chi connectivity index (χ1) is 8.39. The molecule has 0 heterocycles. The molecule has 0 saturated carbocycles. The molecule has 0 aromatic heterocycles. The monoisotopic (exact) mass is 308 g/mol. The number of amides is 1. The van der Waals surface area contributed by atoms with Crippen molar-refractivity contribution in [1.82, 2.24) is 0 Å². The van der Waals surface area contributed by atoms with Crippen LogP contribution in [-0.2, 0) is 0 Å². The summed E-state index contributed by atoms with van der Waals surface area (Å²) in [6.45, 7) is 2.07. The molecular formula is C14H17BrN2O. The van der Waals surface area contributed by atoms with Crippen molar-refractivity contribution in [1.29, 1.82) is 0 Å². The van der Waals surface area contributed by atoms with E-state index in [1.165, 1.54) is 5.57 Å². The molecule has 4 heteroatoms. The molecule has 1 aromatic carbocycles. The van der Waals surface area contributed by atoms with Gasteiger partial charge in [-0.25, -0.2) is 0 Å². The third-order valence-electron chi connectivity index (χ3n) is 3.38. The second kappa shape index (κ2) is 4.86. The normalized spacial score (nSPS) is 23.6. The number of nitrogens with two attached hydrogens (primary N) is 2. The fourth-order valence-electron chi connectivity index (χ4n) is 2.15. The van der Waals surface area contributed by atoms with E-state index in [-0.39, 0.29) is 5.54 Å². The molecule has 0 radical (unpaired) electrons. The smallest absolute Gasteiger partial charge is 0.248 e. The molecule has 1 atom stereocenters. The minimum atomic E-state index is -0.408. The third-order valence-corrected chi connectivity index (χ3v) is 4.04. The van der Waals surface area contributed by atoms with Gasteiger partial charge in [0.1, 0.15) is 0 Å². The summed E-state index contributed by atoms with van der Waals surface area (Å²) in [6.07, 6.45) is 5.00. The summed E-state index contributed by atoms with van der Waals surface area (Å²) < 4.78 is 0.908. The van der Waals surface area contributed by atoms with Crippen LogP contribution >= 0.6 is 15.9 Å². The SMILES string of the molecule is CC1(N)CC=C(c2ccc(C(N)=O)cc2Br)CC1. The molecule has 0 saturated heterocycles. The van der Waals surface area contributed by atoms with E-state index in [1.807, 2.05) is 6.07 Å². The number of carbonyl (C=O) groups is 1. The third kappa shape index (κ3) is 2.82. The topological polar surface area (TPSA) is 69.1 Å². The van der Waals surface area contributed by atoms with Crippen molar-refractivity contribution in [2.24, 2.45) is 11.5 Å². The molecular weight excluding hydrogens is 292 g/mol. The Morgan fingerprint density at radius 2 is 2.17 bits per heavy atom. The minimum Gasteiger partial charge on any atom is -0.366 e. The number of carbonyl (C=O) groups excluding carboxylic acids is 1. The van der Waals surface area contributed by atoms with Crippen molar-refractivity contribution >= 4 is 27.4 Å². The first kappa shape index (κ1) is 13.3. The Hall–Kier alpha value is -1.13. The molecule has 0 fully saturated rings. The standard InChI is InChI=1S/C14H17BrN2O/c1-14(17)6-4-9(5-7-14)11-3-2-10(13(16)18)8-12(11)15/h2-4,8H,5-7,17H2,1H3,(H2,16,18). The van der Waals surface area contributed by atoms with Crippen LogP contribution in [0.1, 0.15) is 42.1 Å². The summed E-state index contributed by atoms with van der Waals surface area (Å²) in [4.78, 5) is 11.1. The van der Waals surface area contributed by atoms with E-state index in [0.717, 1.165) is 29.3 Å². The van der Waals surface area contributed by atoms with Gasteiger partial charge in [0.15, 0.2) is 0 Å². The largest absolute Gasteiger partial charge is 0.366 e. The number of hydrogen-bond acceptors (Lipinski definition) is 2. The van der Waals surface area contributed by atoms with Crippen LogP contribution in [0.15, 0.2) is 28.7 Å². The zero-order valence-electron chi connectivity index (χ0n) is 10.4. The van der Waals surface area contributed by atoms with Crippen LogP contribution in [0.2, 0.25) is 0 Å². The lowest BCUT2D eigenvalue weighted by Gasteiger charge is -2.29. The fourth-order valence-corrected chi connectivity index (χ4v) is 2.79. The van der Waals surface area contributed by atoms with E-state index < -0.39 is 5.91 Å². The maximum Gasteiger partial charge on any atom is 0.248 e. The van der Waals surface area contributed by atoms with Gasteiger partial charge in [0, 0.05) is 15.6 Å². The molecule has 0 bridgehead atoms. The van der Waals surface area contributed by atoms with Crippen LogP contribution in [0.5, 0.6) is 0 Å². The highest BCUT2D eigenvalue weighted by Gasteiger charge is 2.23. The highest BCUT2D eigenvalue weighted by atomic mass is 79.9. The van der Waals surface area contributed by atoms with E-state index >= 15 is 0 Å². The van der Waals surface area contributed by atoms with Crippen molar-refractivity contribution < 1.29 is 4.79 Å². The van der Waals surface area contributed by atoms with Gasteiger partial charge < -0.3 is 11.5 Å². The van der Waals surface area contributed by atoms with Gasteiger partial charge in [0.25, 0.3) is 0 Å². The van der Waals surface area contributed by atoms with Crippen molar-refractivity contribution in [3.8, 4) is 0 Å². The maximum atomic E-state index is 11.1.